The summed E-state index contributed by atoms with van der Waals surface area (Å²) < 4.78 is 0. The maximum atomic E-state index is 4.20. The molecular weight excluding hydrogens is 212 g/mol. The summed E-state index contributed by atoms with van der Waals surface area (Å²) in [6.45, 7) is 8.05. The molecule has 0 spiro atoms. The molecule has 0 bridgehead atoms. The lowest BCUT2D eigenvalue weighted by Crippen LogP contribution is -2.36. The van der Waals surface area contributed by atoms with Gasteiger partial charge in [0.15, 0.2) is 0 Å². The molecule has 4 heteroatoms. The highest BCUT2D eigenvalue weighted by atomic mass is 15.1. The SMILES string of the molecule is CC(CNCc1ncc[nH]1)CN1CCCCC1. The second-order valence-electron chi connectivity index (χ2n) is 5.13. The van der Waals surface area contributed by atoms with Crippen LogP contribution in [0.4, 0.5) is 0 Å². The Morgan fingerprint density at radius 3 is 2.94 bits per heavy atom. The molecule has 0 saturated carbocycles. The van der Waals surface area contributed by atoms with Gasteiger partial charge < -0.3 is 15.2 Å². The third-order valence-electron chi connectivity index (χ3n) is 3.36. The first-order valence-electron chi connectivity index (χ1n) is 6.76. The van der Waals surface area contributed by atoms with Crippen LogP contribution in [0.25, 0.3) is 0 Å². The van der Waals surface area contributed by atoms with E-state index in [-0.39, 0.29) is 0 Å². The quantitative estimate of drug-likeness (QED) is 0.789. The van der Waals surface area contributed by atoms with Crippen molar-refractivity contribution >= 4 is 0 Å². The Morgan fingerprint density at radius 1 is 1.41 bits per heavy atom. The smallest absolute Gasteiger partial charge is 0.120 e. The van der Waals surface area contributed by atoms with Gasteiger partial charge in [0.1, 0.15) is 5.82 Å². The number of likely N-dealkylation sites (tertiary alicyclic amines) is 1. The molecule has 1 atom stereocenters. The van der Waals surface area contributed by atoms with Crippen LogP contribution >= 0.6 is 0 Å². The van der Waals surface area contributed by atoms with Gasteiger partial charge in [0.25, 0.3) is 0 Å². The molecule has 1 aromatic heterocycles. The number of imidazole rings is 1. The summed E-state index contributed by atoms with van der Waals surface area (Å²) in [6, 6.07) is 0. The van der Waals surface area contributed by atoms with Crippen LogP contribution in [-0.4, -0.2) is 41.0 Å². The minimum Gasteiger partial charge on any atom is -0.348 e. The zero-order chi connectivity index (χ0) is 11.9. The normalized spacial score (nSPS) is 19.4. The van der Waals surface area contributed by atoms with Gasteiger partial charge in [-0.3, -0.25) is 0 Å². The molecule has 1 saturated heterocycles. The van der Waals surface area contributed by atoms with Crippen LogP contribution in [-0.2, 0) is 6.54 Å². The first-order valence-corrected chi connectivity index (χ1v) is 6.76. The van der Waals surface area contributed by atoms with Gasteiger partial charge in [-0.25, -0.2) is 4.98 Å². The van der Waals surface area contributed by atoms with Gasteiger partial charge >= 0.3 is 0 Å². The van der Waals surface area contributed by atoms with Gasteiger partial charge in [0.05, 0.1) is 6.54 Å². The molecule has 1 fully saturated rings. The summed E-state index contributed by atoms with van der Waals surface area (Å²) >= 11 is 0. The van der Waals surface area contributed by atoms with Crippen LogP contribution in [0.1, 0.15) is 32.0 Å². The first kappa shape index (κ1) is 12.6. The average Bonchev–Trinajstić information content (AvgIpc) is 2.83. The van der Waals surface area contributed by atoms with Crippen molar-refractivity contribution in [1.29, 1.82) is 0 Å². The summed E-state index contributed by atoms with van der Waals surface area (Å²) in [6.07, 6.45) is 7.85. The molecule has 1 aliphatic rings. The summed E-state index contributed by atoms with van der Waals surface area (Å²) in [4.78, 5) is 9.91. The number of piperidine rings is 1. The van der Waals surface area contributed by atoms with Crippen LogP contribution in [0, 0.1) is 5.92 Å². The van der Waals surface area contributed by atoms with E-state index in [0.717, 1.165) is 18.9 Å². The van der Waals surface area contributed by atoms with E-state index >= 15 is 0 Å². The lowest BCUT2D eigenvalue weighted by molar-refractivity contribution is 0.199. The van der Waals surface area contributed by atoms with Gasteiger partial charge in [0.2, 0.25) is 0 Å². The minimum atomic E-state index is 0.711. The lowest BCUT2D eigenvalue weighted by atomic mass is 10.1. The van der Waals surface area contributed by atoms with Crippen molar-refractivity contribution in [2.24, 2.45) is 5.92 Å². The molecule has 1 aromatic rings. The van der Waals surface area contributed by atoms with Crippen LogP contribution in [0.3, 0.4) is 0 Å². The predicted octanol–water partition coefficient (Wildman–Crippen LogP) is 1.62. The third-order valence-corrected chi connectivity index (χ3v) is 3.36. The summed E-state index contributed by atoms with van der Waals surface area (Å²) in [5, 5.41) is 3.46. The van der Waals surface area contributed by atoms with E-state index in [9.17, 15) is 0 Å². The number of aromatic nitrogens is 2. The molecule has 96 valence electrons. The highest BCUT2D eigenvalue weighted by Crippen LogP contribution is 2.10. The Hall–Kier alpha value is -0.870. The molecule has 0 aliphatic carbocycles. The van der Waals surface area contributed by atoms with Crippen molar-refractivity contribution in [3.63, 3.8) is 0 Å². The number of nitrogens with one attached hydrogen (secondary N) is 2. The number of H-pyrrole nitrogens is 1. The van der Waals surface area contributed by atoms with Gasteiger partial charge in [-0.1, -0.05) is 13.3 Å². The zero-order valence-corrected chi connectivity index (χ0v) is 10.8. The summed E-state index contributed by atoms with van der Waals surface area (Å²) in [5.74, 6) is 1.73. The molecule has 0 aromatic carbocycles. The van der Waals surface area contributed by atoms with E-state index < -0.39 is 0 Å². The van der Waals surface area contributed by atoms with Gasteiger partial charge in [-0.15, -0.1) is 0 Å². The second kappa shape index (κ2) is 6.77. The fourth-order valence-electron chi connectivity index (χ4n) is 2.48. The molecule has 0 amide bonds. The van der Waals surface area contributed by atoms with Gasteiger partial charge in [-0.05, 0) is 38.4 Å². The molecule has 2 heterocycles. The molecule has 0 radical (unpaired) electrons. The van der Waals surface area contributed by atoms with E-state index in [1.807, 2.05) is 6.20 Å². The Bertz CT molecular complexity index is 290. The topological polar surface area (TPSA) is 44.0 Å². The van der Waals surface area contributed by atoms with E-state index in [1.54, 1.807) is 6.20 Å². The Balaban J connectivity index is 1.58. The summed E-state index contributed by atoms with van der Waals surface area (Å²) in [7, 11) is 0. The molecule has 2 rings (SSSR count). The fourth-order valence-corrected chi connectivity index (χ4v) is 2.48. The minimum absolute atomic E-state index is 0.711. The van der Waals surface area contributed by atoms with Crippen LogP contribution in [0.5, 0.6) is 0 Å². The molecular formula is C13H24N4. The number of hydrogen-bond acceptors (Lipinski definition) is 3. The van der Waals surface area contributed by atoms with Crippen molar-refractivity contribution in [3.05, 3.63) is 18.2 Å². The van der Waals surface area contributed by atoms with E-state index in [1.165, 1.54) is 38.9 Å². The maximum absolute atomic E-state index is 4.20. The largest absolute Gasteiger partial charge is 0.348 e. The van der Waals surface area contributed by atoms with E-state index in [2.05, 4.69) is 27.1 Å². The monoisotopic (exact) mass is 236 g/mol. The molecule has 17 heavy (non-hydrogen) atoms. The van der Waals surface area contributed by atoms with Crippen molar-refractivity contribution in [2.75, 3.05) is 26.2 Å². The fraction of sp³-hybridized carbons (Fsp3) is 0.769. The number of nitrogens with zero attached hydrogens (tertiary/aromatic N) is 2. The van der Waals surface area contributed by atoms with Crippen LogP contribution in [0.15, 0.2) is 12.4 Å². The van der Waals surface area contributed by atoms with E-state index in [0.29, 0.717) is 5.92 Å². The molecule has 1 unspecified atom stereocenters. The molecule has 1 aliphatic heterocycles. The molecule has 2 N–H and O–H groups in total. The lowest BCUT2D eigenvalue weighted by Gasteiger charge is -2.29. The second-order valence-corrected chi connectivity index (χ2v) is 5.13. The number of rotatable bonds is 6. The van der Waals surface area contributed by atoms with Crippen LogP contribution in [0.2, 0.25) is 0 Å². The van der Waals surface area contributed by atoms with Crippen molar-refractivity contribution in [2.45, 2.75) is 32.7 Å². The van der Waals surface area contributed by atoms with Crippen molar-refractivity contribution in [1.82, 2.24) is 20.2 Å². The number of hydrogen-bond donors (Lipinski definition) is 2. The maximum Gasteiger partial charge on any atom is 0.120 e. The van der Waals surface area contributed by atoms with Gasteiger partial charge in [0, 0.05) is 18.9 Å². The zero-order valence-electron chi connectivity index (χ0n) is 10.8. The Morgan fingerprint density at radius 2 is 2.24 bits per heavy atom. The highest BCUT2D eigenvalue weighted by Gasteiger charge is 2.12. The van der Waals surface area contributed by atoms with Crippen molar-refractivity contribution in [3.8, 4) is 0 Å². The summed E-state index contributed by atoms with van der Waals surface area (Å²) in [5.41, 5.74) is 0. The molecule has 4 nitrogen and oxygen atoms in total. The standard InChI is InChI=1S/C13H24N4/c1-12(11-17-7-3-2-4-8-17)9-14-10-13-15-5-6-16-13/h5-6,12,14H,2-4,7-11H2,1H3,(H,15,16). The van der Waals surface area contributed by atoms with E-state index in [4.69, 9.17) is 0 Å². The van der Waals surface area contributed by atoms with Crippen LogP contribution < -0.4 is 5.32 Å². The first-order chi connectivity index (χ1) is 8.34. The third kappa shape index (κ3) is 4.48. The number of aromatic amines is 1. The Kier molecular flexibility index (Phi) is 5.01. The average molecular weight is 236 g/mol. The van der Waals surface area contributed by atoms with Gasteiger partial charge in [-0.2, -0.15) is 0 Å². The van der Waals surface area contributed by atoms with Crippen molar-refractivity contribution < 1.29 is 0 Å². The predicted molar refractivity (Wildman–Crippen MR) is 69.7 cm³/mol. The Labute approximate surface area is 104 Å². The highest BCUT2D eigenvalue weighted by molar-refractivity contribution is 4.86.